The van der Waals surface area contributed by atoms with Gasteiger partial charge < -0.3 is 10.1 Å². The molecule has 13 heteroatoms. The van der Waals surface area contributed by atoms with Crippen LogP contribution in [0.1, 0.15) is 26.3 Å². The molecule has 0 atom stereocenters. The molecule has 1 heterocycles. The minimum atomic E-state index is -4.23. The van der Waals surface area contributed by atoms with Gasteiger partial charge in [0, 0.05) is 6.04 Å². The number of amides is 2. The van der Waals surface area contributed by atoms with E-state index in [2.05, 4.69) is 20.3 Å². The molecule has 11 nitrogen and oxygen atoms in total. The van der Waals surface area contributed by atoms with Gasteiger partial charge in [-0.2, -0.15) is 15.0 Å². The third-order valence-corrected chi connectivity index (χ3v) is 5.15. The van der Waals surface area contributed by atoms with Crippen LogP contribution >= 0.6 is 11.6 Å². The summed E-state index contributed by atoms with van der Waals surface area (Å²) >= 11 is 5.93. The molecule has 0 saturated heterocycles. The van der Waals surface area contributed by atoms with E-state index in [4.69, 9.17) is 16.3 Å². The summed E-state index contributed by atoms with van der Waals surface area (Å²) in [5.41, 5.74) is 0.847. The van der Waals surface area contributed by atoms with Crippen molar-refractivity contribution < 1.29 is 22.7 Å². The summed E-state index contributed by atoms with van der Waals surface area (Å²) in [6.45, 7) is 6.46. The van der Waals surface area contributed by atoms with E-state index in [-0.39, 0.29) is 34.7 Å². The molecule has 31 heavy (non-hydrogen) atoms. The second-order valence-corrected chi connectivity index (χ2v) is 8.66. The monoisotopic (exact) mass is 470 g/mol. The number of aryl methyl sites for hydroxylation is 1. The SMILES string of the molecule is CCOC(=O)CN(C(=O)NS(=O)(=O)c1ccc(C)cc1)c1nc(Cl)nc(NC(C)C)n1. The van der Waals surface area contributed by atoms with E-state index >= 15 is 0 Å². The number of esters is 1. The minimum absolute atomic E-state index is 0.0491. The van der Waals surface area contributed by atoms with Crippen molar-refractivity contribution in [3.05, 3.63) is 35.1 Å². The molecule has 0 saturated carbocycles. The van der Waals surface area contributed by atoms with Gasteiger partial charge in [0.2, 0.25) is 17.2 Å². The standard InChI is InChI=1S/C18H23ClN6O5S/c1-5-30-14(26)10-25(17-22-15(19)21-16(23-17)20-11(2)3)18(27)24-31(28,29)13-8-6-12(4)7-9-13/h6-9,11H,5,10H2,1-4H3,(H,24,27)(H,20,21,22,23). The topological polar surface area (TPSA) is 143 Å². The number of aromatic nitrogens is 3. The Morgan fingerprint density at radius 1 is 1.16 bits per heavy atom. The van der Waals surface area contributed by atoms with Crippen LogP contribution in [0, 0.1) is 6.92 Å². The molecule has 2 rings (SSSR count). The van der Waals surface area contributed by atoms with Gasteiger partial charge >= 0.3 is 12.0 Å². The number of ether oxygens (including phenoxy) is 1. The number of sulfonamides is 1. The summed E-state index contributed by atoms with van der Waals surface area (Å²) in [6.07, 6.45) is 0. The quantitative estimate of drug-likeness (QED) is 0.554. The van der Waals surface area contributed by atoms with Gasteiger partial charge in [-0.15, -0.1) is 0 Å². The van der Waals surface area contributed by atoms with Crippen LogP contribution < -0.4 is 14.9 Å². The van der Waals surface area contributed by atoms with Gasteiger partial charge in [0.1, 0.15) is 6.54 Å². The van der Waals surface area contributed by atoms with Crippen LogP contribution in [0.15, 0.2) is 29.2 Å². The average molecular weight is 471 g/mol. The lowest BCUT2D eigenvalue weighted by Crippen LogP contribution is -2.46. The predicted octanol–water partition coefficient (Wildman–Crippen LogP) is 2.12. The second kappa shape index (κ2) is 10.4. The van der Waals surface area contributed by atoms with Crippen molar-refractivity contribution >= 4 is 45.5 Å². The number of nitrogens with zero attached hydrogens (tertiary/aromatic N) is 4. The number of halogens is 1. The maximum absolute atomic E-state index is 12.8. The Hall–Kier alpha value is -2.99. The van der Waals surface area contributed by atoms with E-state index in [0.29, 0.717) is 4.90 Å². The summed E-state index contributed by atoms with van der Waals surface area (Å²) in [4.78, 5) is 37.3. The fraction of sp³-hybridized carbons (Fsp3) is 0.389. The Morgan fingerprint density at radius 2 is 1.81 bits per heavy atom. The fourth-order valence-corrected chi connectivity index (χ4v) is 3.41. The molecular formula is C18H23ClN6O5S. The summed E-state index contributed by atoms with van der Waals surface area (Å²) in [6, 6.07) is 4.65. The number of rotatable bonds is 8. The second-order valence-electron chi connectivity index (χ2n) is 6.64. The summed E-state index contributed by atoms with van der Waals surface area (Å²) in [7, 11) is -4.23. The Balaban J connectivity index is 2.39. The van der Waals surface area contributed by atoms with Crippen molar-refractivity contribution in [2.24, 2.45) is 0 Å². The summed E-state index contributed by atoms with van der Waals surface area (Å²) in [5.74, 6) is -1.07. The Morgan fingerprint density at radius 3 is 2.39 bits per heavy atom. The van der Waals surface area contributed by atoms with Gasteiger partial charge in [-0.25, -0.2) is 17.9 Å². The van der Waals surface area contributed by atoms with Crippen LogP contribution in [0.2, 0.25) is 5.28 Å². The number of urea groups is 1. The van der Waals surface area contributed by atoms with E-state index in [1.807, 2.05) is 18.6 Å². The van der Waals surface area contributed by atoms with Gasteiger partial charge in [0.25, 0.3) is 10.0 Å². The molecule has 0 unspecified atom stereocenters. The molecule has 0 aliphatic rings. The van der Waals surface area contributed by atoms with Crippen molar-refractivity contribution in [1.82, 2.24) is 19.7 Å². The number of carbonyl (C=O) groups excluding carboxylic acids is 2. The Labute approximate surface area is 185 Å². The van der Waals surface area contributed by atoms with Crippen molar-refractivity contribution in [2.45, 2.75) is 38.6 Å². The van der Waals surface area contributed by atoms with E-state index < -0.39 is 28.6 Å². The molecule has 2 amide bonds. The lowest BCUT2D eigenvalue weighted by atomic mass is 10.2. The normalized spacial score (nSPS) is 11.2. The number of hydrogen-bond acceptors (Lipinski definition) is 9. The smallest absolute Gasteiger partial charge is 0.338 e. The lowest BCUT2D eigenvalue weighted by Gasteiger charge is -2.21. The van der Waals surface area contributed by atoms with Crippen LogP contribution in [0.5, 0.6) is 0 Å². The number of anilines is 2. The number of nitrogens with one attached hydrogen (secondary N) is 2. The van der Waals surface area contributed by atoms with Crippen molar-refractivity contribution in [3.8, 4) is 0 Å². The van der Waals surface area contributed by atoms with Gasteiger partial charge in [-0.3, -0.25) is 9.69 Å². The van der Waals surface area contributed by atoms with Crippen molar-refractivity contribution in [1.29, 1.82) is 0 Å². The first kappa shape index (κ1) is 24.3. The lowest BCUT2D eigenvalue weighted by molar-refractivity contribution is -0.141. The van der Waals surface area contributed by atoms with Gasteiger partial charge in [-0.05, 0) is 51.4 Å². The number of hydrogen-bond donors (Lipinski definition) is 2. The maximum atomic E-state index is 12.8. The summed E-state index contributed by atoms with van der Waals surface area (Å²) < 4.78 is 32.0. The zero-order chi connectivity index (χ0) is 23.2. The molecule has 1 aromatic heterocycles. The van der Waals surface area contributed by atoms with Crippen LogP contribution in [0.25, 0.3) is 0 Å². The molecule has 0 aliphatic heterocycles. The van der Waals surface area contributed by atoms with Gasteiger partial charge in [0.15, 0.2) is 0 Å². The molecule has 1 aromatic carbocycles. The molecule has 0 radical (unpaired) electrons. The molecule has 0 spiro atoms. The van der Waals surface area contributed by atoms with Crippen LogP contribution in [0.4, 0.5) is 16.7 Å². The third-order valence-electron chi connectivity index (χ3n) is 3.65. The molecule has 0 fully saturated rings. The van der Waals surface area contributed by atoms with Crippen LogP contribution in [-0.4, -0.2) is 54.6 Å². The highest BCUT2D eigenvalue weighted by Gasteiger charge is 2.28. The van der Waals surface area contributed by atoms with Crippen LogP contribution in [-0.2, 0) is 19.6 Å². The zero-order valence-electron chi connectivity index (χ0n) is 17.4. The molecule has 2 aromatic rings. The number of benzene rings is 1. The first-order chi connectivity index (χ1) is 14.5. The largest absolute Gasteiger partial charge is 0.465 e. The van der Waals surface area contributed by atoms with Crippen molar-refractivity contribution in [3.63, 3.8) is 0 Å². The fourth-order valence-electron chi connectivity index (χ4n) is 2.30. The highest BCUT2D eigenvalue weighted by molar-refractivity contribution is 7.90. The Bertz CT molecular complexity index is 1050. The van der Waals surface area contributed by atoms with E-state index in [1.165, 1.54) is 12.1 Å². The van der Waals surface area contributed by atoms with E-state index in [1.54, 1.807) is 26.0 Å². The molecule has 0 aliphatic carbocycles. The highest BCUT2D eigenvalue weighted by atomic mass is 35.5. The molecular weight excluding hydrogens is 448 g/mol. The average Bonchev–Trinajstić information content (AvgIpc) is 2.65. The molecule has 2 N–H and O–H groups in total. The zero-order valence-corrected chi connectivity index (χ0v) is 19.0. The summed E-state index contributed by atoms with van der Waals surface area (Å²) in [5, 5.41) is 2.64. The van der Waals surface area contributed by atoms with Crippen molar-refractivity contribution in [2.75, 3.05) is 23.4 Å². The molecule has 168 valence electrons. The van der Waals surface area contributed by atoms with E-state index in [0.717, 1.165) is 5.56 Å². The highest BCUT2D eigenvalue weighted by Crippen LogP contribution is 2.16. The van der Waals surface area contributed by atoms with Gasteiger partial charge in [-0.1, -0.05) is 17.7 Å². The van der Waals surface area contributed by atoms with Gasteiger partial charge in [0.05, 0.1) is 11.5 Å². The third kappa shape index (κ3) is 7.03. The minimum Gasteiger partial charge on any atom is -0.465 e. The number of carbonyl (C=O) groups is 2. The van der Waals surface area contributed by atoms with E-state index in [9.17, 15) is 18.0 Å². The molecule has 0 bridgehead atoms. The first-order valence-electron chi connectivity index (χ1n) is 9.26. The predicted molar refractivity (Wildman–Crippen MR) is 114 cm³/mol. The Kier molecular flexibility index (Phi) is 8.11. The van der Waals surface area contributed by atoms with Crippen LogP contribution in [0.3, 0.4) is 0 Å². The first-order valence-corrected chi connectivity index (χ1v) is 11.1. The maximum Gasteiger partial charge on any atom is 0.338 e.